The third-order valence-corrected chi connectivity index (χ3v) is 3.51. The molecular formula is C14H19FN2O2. The standard InChI is InChI=1S/C14H19FN2O2/c15-11-7-4-8-12(13(11)18)17-14(19)16-9-10-5-2-1-3-6-10/h4,7-8,10,18H,1-3,5-6,9H2,(H2,16,17,19). The molecule has 1 fully saturated rings. The van der Waals surface area contributed by atoms with E-state index in [1.165, 1.54) is 31.4 Å². The van der Waals surface area contributed by atoms with Crippen molar-refractivity contribution in [2.45, 2.75) is 32.1 Å². The fourth-order valence-corrected chi connectivity index (χ4v) is 2.41. The molecule has 1 aromatic carbocycles. The van der Waals surface area contributed by atoms with Gasteiger partial charge in [-0.05, 0) is 30.9 Å². The van der Waals surface area contributed by atoms with Crippen LogP contribution in [0.25, 0.3) is 0 Å². The van der Waals surface area contributed by atoms with Gasteiger partial charge in [0.05, 0.1) is 5.69 Å². The summed E-state index contributed by atoms with van der Waals surface area (Å²) in [5.74, 6) is -0.749. The summed E-state index contributed by atoms with van der Waals surface area (Å²) in [5, 5.41) is 14.7. The smallest absolute Gasteiger partial charge is 0.319 e. The van der Waals surface area contributed by atoms with Gasteiger partial charge in [-0.25, -0.2) is 9.18 Å². The van der Waals surface area contributed by atoms with Crippen LogP contribution in [0.2, 0.25) is 0 Å². The van der Waals surface area contributed by atoms with Crippen LogP contribution in [0, 0.1) is 11.7 Å². The maximum absolute atomic E-state index is 13.1. The third-order valence-electron chi connectivity index (χ3n) is 3.51. The van der Waals surface area contributed by atoms with Gasteiger partial charge in [-0.15, -0.1) is 0 Å². The molecule has 0 spiro atoms. The highest BCUT2D eigenvalue weighted by molar-refractivity contribution is 5.90. The molecule has 2 rings (SSSR count). The van der Waals surface area contributed by atoms with E-state index in [0.29, 0.717) is 12.5 Å². The van der Waals surface area contributed by atoms with Crippen molar-refractivity contribution in [3.05, 3.63) is 24.0 Å². The Balaban J connectivity index is 1.82. The first-order valence-corrected chi connectivity index (χ1v) is 6.69. The summed E-state index contributed by atoms with van der Waals surface area (Å²) in [6.45, 7) is 0.627. The Kier molecular flexibility index (Phi) is 4.60. The number of carbonyl (C=O) groups excluding carboxylic acids is 1. The van der Waals surface area contributed by atoms with E-state index in [1.54, 1.807) is 0 Å². The number of phenolic OH excluding ortho intramolecular Hbond substituents is 1. The lowest BCUT2D eigenvalue weighted by Gasteiger charge is -2.21. The summed E-state index contributed by atoms with van der Waals surface area (Å²) >= 11 is 0. The second-order valence-corrected chi connectivity index (χ2v) is 4.98. The van der Waals surface area contributed by atoms with Crippen molar-refractivity contribution in [2.24, 2.45) is 5.92 Å². The lowest BCUT2D eigenvalue weighted by molar-refractivity contribution is 0.247. The molecule has 0 unspecified atom stereocenters. The molecule has 1 aliphatic carbocycles. The Hall–Kier alpha value is -1.78. The number of hydrogen-bond donors (Lipinski definition) is 3. The first-order chi connectivity index (χ1) is 9.16. The van der Waals surface area contributed by atoms with Gasteiger partial charge in [0.25, 0.3) is 0 Å². The minimum absolute atomic E-state index is 0.0844. The molecule has 19 heavy (non-hydrogen) atoms. The van der Waals surface area contributed by atoms with Gasteiger partial charge in [0, 0.05) is 6.54 Å². The molecule has 0 aliphatic heterocycles. The van der Waals surface area contributed by atoms with Crippen LogP contribution in [0.3, 0.4) is 0 Å². The summed E-state index contributed by atoms with van der Waals surface area (Å²) in [5.41, 5.74) is 0.0844. The van der Waals surface area contributed by atoms with Crippen LogP contribution in [0.1, 0.15) is 32.1 Å². The van der Waals surface area contributed by atoms with Gasteiger partial charge in [-0.1, -0.05) is 25.3 Å². The fraction of sp³-hybridized carbons (Fsp3) is 0.500. The molecule has 0 atom stereocenters. The molecule has 0 bridgehead atoms. The number of phenols is 1. The molecule has 1 aliphatic rings. The van der Waals surface area contributed by atoms with Crippen LogP contribution >= 0.6 is 0 Å². The largest absolute Gasteiger partial charge is 0.503 e. The Bertz CT molecular complexity index is 445. The van der Waals surface area contributed by atoms with Crippen molar-refractivity contribution < 1.29 is 14.3 Å². The van der Waals surface area contributed by atoms with E-state index in [4.69, 9.17) is 0 Å². The maximum Gasteiger partial charge on any atom is 0.319 e. The van der Waals surface area contributed by atoms with E-state index in [1.807, 2.05) is 0 Å². The summed E-state index contributed by atoms with van der Waals surface area (Å²) in [6, 6.07) is 3.62. The van der Waals surface area contributed by atoms with Gasteiger partial charge in [-0.2, -0.15) is 0 Å². The number of aromatic hydroxyl groups is 1. The summed E-state index contributed by atoms with van der Waals surface area (Å²) < 4.78 is 13.1. The zero-order valence-electron chi connectivity index (χ0n) is 10.8. The molecular weight excluding hydrogens is 247 g/mol. The molecule has 0 heterocycles. The van der Waals surface area contributed by atoms with Crippen LogP contribution in [0.5, 0.6) is 5.75 Å². The van der Waals surface area contributed by atoms with Gasteiger partial charge in [0.15, 0.2) is 11.6 Å². The van der Waals surface area contributed by atoms with Crippen LogP contribution in [0.4, 0.5) is 14.9 Å². The summed E-state index contributed by atoms with van der Waals surface area (Å²) in [7, 11) is 0. The fourth-order valence-electron chi connectivity index (χ4n) is 2.41. The third kappa shape index (κ3) is 3.84. The Labute approximate surface area is 112 Å². The number of nitrogens with one attached hydrogen (secondary N) is 2. The van der Waals surface area contributed by atoms with E-state index in [0.717, 1.165) is 18.9 Å². The average Bonchev–Trinajstić information content (AvgIpc) is 2.43. The van der Waals surface area contributed by atoms with Crippen LogP contribution < -0.4 is 10.6 Å². The second kappa shape index (κ2) is 6.41. The van der Waals surface area contributed by atoms with Crippen LogP contribution in [0.15, 0.2) is 18.2 Å². The topological polar surface area (TPSA) is 61.4 Å². The Morgan fingerprint density at radius 1 is 1.32 bits per heavy atom. The zero-order valence-corrected chi connectivity index (χ0v) is 10.8. The first kappa shape index (κ1) is 13.6. The second-order valence-electron chi connectivity index (χ2n) is 4.98. The Morgan fingerprint density at radius 3 is 2.79 bits per heavy atom. The summed E-state index contributed by atoms with van der Waals surface area (Å²) in [4.78, 5) is 11.7. The van der Waals surface area contributed by atoms with E-state index in [-0.39, 0.29) is 5.69 Å². The molecule has 0 saturated heterocycles. The minimum atomic E-state index is -0.745. The normalized spacial score (nSPS) is 16.1. The highest BCUT2D eigenvalue weighted by Crippen LogP contribution is 2.26. The van der Waals surface area contributed by atoms with Gasteiger partial charge >= 0.3 is 6.03 Å². The molecule has 1 saturated carbocycles. The Morgan fingerprint density at radius 2 is 2.05 bits per heavy atom. The van der Waals surface area contributed by atoms with Crippen molar-refractivity contribution in [1.29, 1.82) is 0 Å². The predicted octanol–water partition coefficient (Wildman–Crippen LogP) is 3.23. The highest BCUT2D eigenvalue weighted by Gasteiger charge is 2.15. The quantitative estimate of drug-likeness (QED) is 0.735. The van der Waals surface area contributed by atoms with Crippen molar-refractivity contribution >= 4 is 11.7 Å². The van der Waals surface area contributed by atoms with Crippen molar-refractivity contribution in [2.75, 3.05) is 11.9 Å². The number of urea groups is 1. The lowest BCUT2D eigenvalue weighted by atomic mass is 9.89. The SMILES string of the molecule is O=C(NCC1CCCCC1)Nc1cccc(F)c1O. The average molecular weight is 266 g/mol. The highest BCUT2D eigenvalue weighted by atomic mass is 19.1. The number of para-hydroxylation sites is 1. The number of benzene rings is 1. The minimum Gasteiger partial charge on any atom is -0.503 e. The van der Waals surface area contributed by atoms with Crippen molar-refractivity contribution in [3.63, 3.8) is 0 Å². The number of rotatable bonds is 3. The van der Waals surface area contributed by atoms with Gasteiger partial charge < -0.3 is 15.7 Å². The molecule has 1 aromatic rings. The van der Waals surface area contributed by atoms with E-state index in [9.17, 15) is 14.3 Å². The van der Waals surface area contributed by atoms with E-state index >= 15 is 0 Å². The molecule has 0 aromatic heterocycles. The molecule has 5 heteroatoms. The monoisotopic (exact) mass is 266 g/mol. The molecule has 0 radical (unpaired) electrons. The van der Waals surface area contributed by atoms with Crippen molar-refractivity contribution in [3.8, 4) is 5.75 Å². The summed E-state index contributed by atoms with van der Waals surface area (Å²) in [6.07, 6.45) is 6.01. The molecule has 3 N–H and O–H groups in total. The van der Waals surface area contributed by atoms with Gasteiger partial charge in [0.1, 0.15) is 0 Å². The van der Waals surface area contributed by atoms with Crippen molar-refractivity contribution in [1.82, 2.24) is 5.32 Å². The van der Waals surface area contributed by atoms with E-state index < -0.39 is 17.6 Å². The zero-order chi connectivity index (χ0) is 13.7. The van der Waals surface area contributed by atoms with Gasteiger partial charge in [0.2, 0.25) is 0 Å². The lowest BCUT2D eigenvalue weighted by Crippen LogP contribution is -2.33. The number of carbonyl (C=O) groups is 1. The van der Waals surface area contributed by atoms with Crippen LogP contribution in [-0.2, 0) is 0 Å². The molecule has 4 nitrogen and oxygen atoms in total. The van der Waals surface area contributed by atoms with E-state index in [2.05, 4.69) is 10.6 Å². The predicted molar refractivity (Wildman–Crippen MR) is 71.7 cm³/mol. The first-order valence-electron chi connectivity index (χ1n) is 6.69. The maximum atomic E-state index is 13.1. The number of amides is 2. The van der Waals surface area contributed by atoms with Gasteiger partial charge in [-0.3, -0.25) is 0 Å². The van der Waals surface area contributed by atoms with Crippen LogP contribution in [-0.4, -0.2) is 17.7 Å². The number of hydrogen-bond acceptors (Lipinski definition) is 2. The molecule has 104 valence electrons. The number of halogens is 1. The molecule has 2 amide bonds. The number of anilines is 1.